The molecule has 1 aliphatic carbocycles. The molecule has 0 aromatic heterocycles. The van der Waals surface area contributed by atoms with Crippen LogP contribution in [0.2, 0.25) is 0 Å². The van der Waals surface area contributed by atoms with Crippen molar-refractivity contribution in [2.75, 3.05) is 13.2 Å². The third kappa shape index (κ3) is 5.59. The number of hydrogen-bond donors (Lipinski definition) is 3. The molecular weight excluding hydrogens is 325 g/mol. The fourth-order valence-electron chi connectivity index (χ4n) is 2.36. The number of nitrogens with one attached hydrogen (secondary N) is 2. The molecule has 1 unspecified atom stereocenters. The van der Waals surface area contributed by atoms with E-state index in [1.54, 1.807) is 19.1 Å². The Kier molecular flexibility index (Phi) is 5.58. The van der Waals surface area contributed by atoms with Gasteiger partial charge in [-0.25, -0.2) is 4.79 Å². The molecule has 1 saturated carbocycles. The zero-order valence-electron chi connectivity index (χ0n) is 13.3. The van der Waals surface area contributed by atoms with Crippen LogP contribution in [0.1, 0.15) is 37.8 Å². The summed E-state index contributed by atoms with van der Waals surface area (Å²) < 4.78 is 40.9. The molecule has 0 aliphatic heterocycles. The normalized spacial score (nSPS) is 17.5. The van der Waals surface area contributed by atoms with Gasteiger partial charge in [-0.3, -0.25) is 0 Å². The minimum Gasteiger partial charge on any atom is -0.484 e. The van der Waals surface area contributed by atoms with Gasteiger partial charge in [0.05, 0.1) is 11.6 Å². The molecule has 2 amide bonds. The van der Waals surface area contributed by atoms with Gasteiger partial charge >= 0.3 is 12.2 Å². The molecular formula is C16H21F3N2O3. The maximum absolute atomic E-state index is 12.1. The summed E-state index contributed by atoms with van der Waals surface area (Å²) in [6.07, 6.45) is -2.06. The van der Waals surface area contributed by atoms with Crippen LogP contribution in [0.4, 0.5) is 18.0 Å². The number of carbonyl (C=O) groups is 1. The Balaban J connectivity index is 1.79. The summed E-state index contributed by atoms with van der Waals surface area (Å²) in [5.74, 6) is 0.111. The van der Waals surface area contributed by atoms with Crippen molar-refractivity contribution in [2.45, 2.75) is 44.0 Å². The van der Waals surface area contributed by atoms with E-state index in [0.29, 0.717) is 12.8 Å². The van der Waals surface area contributed by atoms with Crippen LogP contribution in [0, 0.1) is 0 Å². The number of rotatable bonds is 6. The molecule has 5 nitrogen and oxygen atoms in total. The molecule has 1 atom stereocenters. The van der Waals surface area contributed by atoms with Gasteiger partial charge in [-0.2, -0.15) is 13.2 Å². The highest BCUT2D eigenvalue weighted by atomic mass is 19.4. The van der Waals surface area contributed by atoms with E-state index in [9.17, 15) is 23.1 Å². The van der Waals surface area contributed by atoms with E-state index < -0.39 is 24.4 Å². The van der Waals surface area contributed by atoms with Crippen molar-refractivity contribution >= 4 is 6.03 Å². The zero-order chi connectivity index (χ0) is 17.8. The van der Waals surface area contributed by atoms with Gasteiger partial charge in [-0.05, 0) is 43.9 Å². The van der Waals surface area contributed by atoms with E-state index in [4.69, 9.17) is 0 Å². The van der Waals surface area contributed by atoms with E-state index in [1.807, 2.05) is 0 Å². The van der Waals surface area contributed by atoms with Crippen molar-refractivity contribution in [1.82, 2.24) is 10.6 Å². The summed E-state index contributed by atoms with van der Waals surface area (Å²) >= 11 is 0. The average Bonchev–Trinajstić information content (AvgIpc) is 2.49. The molecule has 1 aromatic carbocycles. The number of benzene rings is 1. The largest absolute Gasteiger partial charge is 0.484 e. The van der Waals surface area contributed by atoms with Crippen LogP contribution < -0.4 is 15.4 Å². The molecule has 24 heavy (non-hydrogen) atoms. The fraction of sp³-hybridized carbons (Fsp3) is 0.562. The Morgan fingerprint density at radius 2 is 1.96 bits per heavy atom. The topological polar surface area (TPSA) is 70.6 Å². The van der Waals surface area contributed by atoms with Crippen LogP contribution in [0.5, 0.6) is 5.75 Å². The number of ether oxygens (including phenoxy) is 1. The van der Waals surface area contributed by atoms with Gasteiger partial charge in [0.15, 0.2) is 6.61 Å². The molecule has 134 valence electrons. The van der Waals surface area contributed by atoms with Crippen molar-refractivity contribution < 1.29 is 27.8 Å². The molecule has 0 saturated heterocycles. The first kappa shape index (κ1) is 18.4. The number of hydrogen-bond acceptors (Lipinski definition) is 3. The van der Waals surface area contributed by atoms with Crippen LogP contribution in [0.15, 0.2) is 24.3 Å². The Bertz CT molecular complexity index is 557. The first-order valence-electron chi connectivity index (χ1n) is 7.73. The van der Waals surface area contributed by atoms with Crippen LogP contribution >= 0.6 is 0 Å². The Hall–Kier alpha value is -1.96. The Morgan fingerprint density at radius 3 is 2.46 bits per heavy atom. The van der Waals surface area contributed by atoms with Gasteiger partial charge in [0, 0.05) is 6.54 Å². The minimum absolute atomic E-state index is 0.111. The number of urea groups is 1. The summed E-state index contributed by atoms with van der Waals surface area (Å²) in [6.45, 7) is 0.616. The van der Waals surface area contributed by atoms with Crippen molar-refractivity contribution in [2.24, 2.45) is 0 Å². The molecule has 2 rings (SSSR count). The van der Waals surface area contributed by atoms with Gasteiger partial charge < -0.3 is 20.5 Å². The van der Waals surface area contributed by atoms with Crippen LogP contribution in [-0.4, -0.2) is 36.1 Å². The molecule has 0 radical (unpaired) electrons. The number of amides is 2. The number of alkyl halides is 3. The molecule has 3 N–H and O–H groups in total. The molecule has 8 heteroatoms. The summed E-state index contributed by atoms with van der Waals surface area (Å²) in [5.41, 5.74) is -0.0650. The number of halogens is 3. The smallest absolute Gasteiger partial charge is 0.422 e. The monoisotopic (exact) mass is 346 g/mol. The minimum atomic E-state index is -4.38. The highest BCUT2D eigenvalue weighted by Crippen LogP contribution is 2.30. The summed E-state index contributed by atoms with van der Waals surface area (Å²) in [7, 11) is 0. The number of aliphatic hydroxyl groups is 1. The quantitative estimate of drug-likeness (QED) is 0.742. The van der Waals surface area contributed by atoms with Gasteiger partial charge in [-0.15, -0.1) is 0 Å². The Morgan fingerprint density at radius 1 is 1.33 bits per heavy atom. The molecule has 0 spiro atoms. The van der Waals surface area contributed by atoms with Crippen molar-refractivity contribution in [1.29, 1.82) is 0 Å². The van der Waals surface area contributed by atoms with E-state index in [-0.39, 0.29) is 18.3 Å². The van der Waals surface area contributed by atoms with Crippen LogP contribution in [-0.2, 0) is 0 Å². The second-order valence-corrected chi connectivity index (χ2v) is 6.10. The number of carbonyl (C=O) groups excluding carboxylic acids is 1. The summed E-state index contributed by atoms with van der Waals surface area (Å²) in [6, 6.07) is 5.30. The van der Waals surface area contributed by atoms with Crippen molar-refractivity contribution in [3.8, 4) is 5.75 Å². The van der Waals surface area contributed by atoms with Gasteiger partial charge in [0.2, 0.25) is 0 Å². The zero-order valence-corrected chi connectivity index (χ0v) is 13.3. The predicted octanol–water partition coefficient (Wildman–Crippen LogP) is 2.90. The highest BCUT2D eigenvalue weighted by Gasteiger charge is 2.34. The van der Waals surface area contributed by atoms with E-state index in [0.717, 1.165) is 12.0 Å². The summed E-state index contributed by atoms with van der Waals surface area (Å²) in [5, 5.41) is 15.2. The standard InChI is InChI=1S/C16H21F3N2O3/c1-11(21-14(22)20-9-15(23)7-2-8-15)12-3-5-13(6-4-12)24-10-16(17,18)19/h3-6,11,23H,2,7-10H2,1H3,(H2,20,21,22). The van der Waals surface area contributed by atoms with Gasteiger partial charge in [0.25, 0.3) is 0 Å². The third-order valence-electron chi connectivity index (χ3n) is 3.99. The third-order valence-corrected chi connectivity index (χ3v) is 3.99. The highest BCUT2D eigenvalue weighted by molar-refractivity contribution is 5.74. The molecule has 1 fully saturated rings. The lowest BCUT2D eigenvalue weighted by molar-refractivity contribution is -0.153. The lowest BCUT2D eigenvalue weighted by atomic mass is 9.80. The Labute approximate surface area is 138 Å². The van der Waals surface area contributed by atoms with Crippen molar-refractivity contribution in [3.05, 3.63) is 29.8 Å². The summed E-state index contributed by atoms with van der Waals surface area (Å²) in [4.78, 5) is 11.8. The SMILES string of the molecule is CC(NC(=O)NCC1(O)CCC1)c1ccc(OCC(F)(F)F)cc1. The van der Waals surface area contributed by atoms with Crippen molar-refractivity contribution in [3.63, 3.8) is 0 Å². The first-order valence-corrected chi connectivity index (χ1v) is 7.73. The lowest BCUT2D eigenvalue weighted by Gasteiger charge is -2.36. The lowest BCUT2D eigenvalue weighted by Crippen LogP contribution is -2.50. The van der Waals surface area contributed by atoms with Crippen LogP contribution in [0.3, 0.4) is 0 Å². The molecule has 1 aliphatic rings. The van der Waals surface area contributed by atoms with E-state index in [2.05, 4.69) is 15.4 Å². The van der Waals surface area contributed by atoms with Crippen LogP contribution in [0.25, 0.3) is 0 Å². The van der Waals surface area contributed by atoms with Gasteiger partial charge in [-0.1, -0.05) is 12.1 Å². The second-order valence-electron chi connectivity index (χ2n) is 6.10. The predicted molar refractivity (Wildman–Crippen MR) is 81.7 cm³/mol. The fourth-order valence-corrected chi connectivity index (χ4v) is 2.36. The van der Waals surface area contributed by atoms with E-state index in [1.165, 1.54) is 12.1 Å². The average molecular weight is 346 g/mol. The van der Waals surface area contributed by atoms with E-state index >= 15 is 0 Å². The maximum atomic E-state index is 12.1. The molecule has 0 bridgehead atoms. The molecule has 1 aromatic rings. The van der Waals surface area contributed by atoms with Gasteiger partial charge in [0.1, 0.15) is 5.75 Å². The maximum Gasteiger partial charge on any atom is 0.422 e. The second kappa shape index (κ2) is 7.29. The molecule has 0 heterocycles. The first-order chi connectivity index (χ1) is 11.2.